The van der Waals surface area contributed by atoms with E-state index in [0.717, 1.165) is 0 Å². The van der Waals surface area contributed by atoms with Crippen LogP contribution in [0.3, 0.4) is 0 Å². The molecule has 10 nitrogen and oxygen atoms in total. The van der Waals surface area contributed by atoms with Gasteiger partial charge in [-0.15, -0.1) is 0 Å². The van der Waals surface area contributed by atoms with Gasteiger partial charge in [0.2, 0.25) is 0 Å². The number of nitrogens with zero attached hydrogens (tertiary/aromatic N) is 4. The molecule has 0 aliphatic carbocycles. The van der Waals surface area contributed by atoms with E-state index in [9.17, 15) is 9.59 Å². The molecule has 0 radical (unpaired) electrons. The maximum Gasteiger partial charge on any atom is 0.425 e. The average Bonchev–Trinajstić information content (AvgIpc) is 3.90. The van der Waals surface area contributed by atoms with Gasteiger partial charge in [0, 0.05) is 46.0 Å². The van der Waals surface area contributed by atoms with Crippen LogP contribution < -0.4 is 9.47 Å². The Morgan fingerprint density at radius 3 is 1.37 bits per heavy atom. The highest BCUT2D eigenvalue weighted by Gasteiger charge is 2.64. The first kappa shape index (κ1) is 34.3. The SMILES string of the molecule is O=C(Oc1nccn1C1OC1(c1ccc(Cl)cc1)c1c(F)cccc1Cl)C(=O)Oc1nccn1C1OC1(c1ccc(Cl)cc1)c1c(F)cccc1Cl. The molecule has 0 spiro atoms. The maximum absolute atomic E-state index is 15.3. The summed E-state index contributed by atoms with van der Waals surface area (Å²) in [6.45, 7) is 0. The van der Waals surface area contributed by atoms with Crippen molar-refractivity contribution in [2.75, 3.05) is 0 Å². The van der Waals surface area contributed by atoms with Crippen molar-refractivity contribution in [1.82, 2.24) is 19.1 Å². The van der Waals surface area contributed by atoms with Gasteiger partial charge >= 0.3 is 24.0 Å². The van der Waals surface area contributed by atoms with E-state index in [4.69, 9.17) is 65.4 Å². The summed E-state index contributed by atoms with van der Waals surface area (Å²) in [6, 6.07) is 20.7. The van der Waals surface area contributed by atoms with Crippen molar-refractivity contribution in [1.29, 1.82) is 0 Å². The molecule has 4 atom stereocenters. The smallest absolute Gasteiger partial charge is 0.383 e. The minimum absolute atomic E-state index is 0.0369. The molecule has 2 saturated heterocycles. The number of ether oxygens (including phenoxy) is 4. The first-order chi connectivity index (χ1) is 25.0. The fourth-order valence-electron chi connectivity index (χ4n) is 6.33. The summed E-state index contributed by atoms with van der Waals surface area (Å²) in [5.41, 5.74) is -1.87. The third kappa shape index (κ3) is 5.63. The largest absolute Gasteiger partial charge is 0.425 e. The summed E-state index contributed by atoms with van der Waals surface area (Å²) in [7, 11) is 0. The molecule has 6 aromatic rings. The third-order valence-electron chi connectivity index (χ3n) is 8.70. The number of halogens is 6. The number of aromatic nitrogens is 4. The lowest BCUT2D eigenvalue weighted by Gasteiger charge is -2.17. The van der Waals surface area contributed by atoms with Crippen LogP contribution in [0.5, 0.6) is 12.0 Å². The molecule has 0 saturated carbocycles. The molecular weight excluding hydrogens is 764 g/mol. The number of rotatable bonds is 8. The van der Waals surface area contributed by atoms with E-state index in [1.807, 2.05) is 0 Å². The lowest BCUT2D eigenvalue weighted by atomic mass is 9.89. The van der Waals surface area contributed by atoms with Crippen molar-refractivity contribution in [2.45, 2.75) is 23.7 Å². The van der Waals surface area contributed by atoms with E-state index >= 15 is 8.78 Å². The van der Waals surface area contributed by atoms with Gasteiger partial charge in [-0.05, 0) is 59.7 Å². The molecule has 2 aliphatic rings. The second-order valence-electron chi connectivity index (χ2n) is 11.6. The Hall–Kier alpha value is -4.82. The number of hydrogen-bond donors (Lipinski definition) is 0. The van der Waals surface area contributed by atoms with Gasteiger partial charge in [-0.2, -0.15) is 0 Å². The highest BCUT2D eigenvalue weighted by atomic mass is 35.5. The van der Waals surface area contributed by atoms with E-state index in [1.54, 1.807) is 48.5 Å². The van der Waals surface area contributed by atoms with Gasteiger partial charge in [0.1, 0.15) is 11.6 Å². The predicted octanol–water partition coefficient (Wildman–Crippen LogP) is 8.43. The summed E-state index contributed by atoms with van der Waals surface area (Å²) in [5, 5.41) is 1.05. The standard InChI is InChI=1S/C36H20Cl4F2N4O6/c37-21-11-7-19(8-12-21)35(27-23(39)3-1-5-25(27)41)31(51-35)45-17-15-43-33(45)49-29(47)30(48)50-34-44-16-18-46(34)32-36(52-32,20-9-13-22(38)14-10-20)28-24(40)4-2-6-26(28)42/h1-18,31-32H. The van der Waals surface area contributed by atoms with Gasteiger partial charge in [-0.25, -0.2) is 28.3 Å². The van der Waals surface area contributed by atoms with Crippen LogP contribution in [0.15, 0.2) is 110 Å². The van der Waals surface area contributed by atoms with Gasteiger partial charge in [0.25, 0.3) is 0 Å². The molecule has 4 aromatic carbocycles. The van der Waals surface area contributed by atoms with Crippen LogP contribution in [0.1, 0.15) is 34.7 Å². The fourth-order valence-corrected chi connectivity index (χ4v) is 7.19. The Morgan fingerprint density at radius 2 is 1.00 bits per heavy atom. The summed E-state index contributed by atoms with van der Waals surface area (Å²) in [6.07, 6.45) is 3.42. The average molecular weight is 784 g/mol. The summed E-state index contributed by atoms with van der Waals surface area (Å²) >= 11 is 25.2. The first-order valence-corrected chi connectivity index (χ1v) is 16.8. The molecule has 0 N–H and O–H groups in total. The van der Waals surface area contributed by atoms with Crippen molar-refractivity contribution in [3.63, 3.8) is 0 Å². The first-order valence-electron chi connectivity index (χ1n) is 15.3. The molecule has 2 aliphatic heterocycles. The summed E-state index contributed by atoms with van der Waals surface area (Å²) < 4.78 is 56.3. The molecular formula is C36H20Cl4F2N4O6. The number of hydrogen-bond acceptors (Lipinski definition) is 8. The Labute approximate surface area is 312 Å². The number of carbonyl (C=O) groups is 2. The normalized spacial score (nSPS) is 21.8. The quantitative estimate of drug-likeness (QED) is 0.0859. The summed E-state index contributed by atoms with van der Waals surface area (Å²) in [5.74, 6) is -4.22. The highest BCUT2D eigenvalue weighted by Crippen LogP contribution is 2.62. The van der Waals surface area contributed by atoms with Gasteiger partial charge in [0.05, 0.1) is 10.0 Å². The number of benzene rings is 4. The van der Waals surface area contributed by atoms with E-state index in [1.165, 1.54) is 70.3 Å². The minimum atomic E-state index is -1.47. The zero-order valence-corrected chi connectivity index (χ0v) is 29.1. The third-order valence-corrected chi connectivity index (χ3v) is 9.83. The fraction of sp³-hybridized carbons (Fsp3) is 0.111. The molecule has 4 unspecified atom stereocenters. The Bertz CT molecular complexity index is 2170. The van der Waals surface area contributed by atoms with Crippen LogP contribution >= 0.6 is 46.4 Å². The number of carbonyl (C=O) groups excluding carboxylic acids is 2. The van der Waals surface area contributed by atoms with Gasteiger partial charge < -0.3 is 18.9 Å². The van der Waals surface area contributed by atoms with Crippen molar-refractivity contribution >= 4 is 58.3 Å². The number of epoxide rings is 2. The van der Waals surface area contributed by atoms with E-state index in [2.05, 4.69) is 9.97 Å². The second kappa shape index (κ2) is 13.0. The zero-order chi connectivity index (χ0) is 36.4. The van der Waals surface area contributed by atoms with Crippen LogP contribution in [0.4, 0.5) is 8.78 Å². The van der Waals surface area contributed by atoms with Crippen molar-refractivity contribution in [3.8, 4) is 12.0 Å². The lowest BCUT2D eigenvalue weighted by Crippen LogP contribution is -2.28. The number of esters is 2. The Balaban J connectivity index is 1.05. The van der Waals surface area contributed by atoms with Crippen LogP contribution in [0.25, 0.3) is 0 Å². The van der Waals surface area contributed by atoms with Crippen molar-refractivity contribution < 1.29 is 37.3 Å². The maximum atomic E-state index is 15.3. The van der Waals surface area contributed by atoms with E-state index in [-0.39, 0.29) is 33.2 Å². The second-order valence-corrected chi connectivity index (χ2v) is 13.3. The van der Waals surface area contributed by atoms with Crippen LogP contribution in [0.2, 0.25) is 20.1 Å². The van der Waals surface area contributed by atoms with Gasteiger partial charge in [0.15, 0.2) is 23.7 Å². The van der Waals surface area contributed by atoms with E-state index < -0.39 is 47.2 Å². The molecule has 16 heteroatoms. The van der Waals surface area contributed by atoms with Crippen molar-refractivity contribution in [3.05, 3.63) is 164 Å². The monoisotopic (exact) mass is 782 g/mol. The summed E-state index contributed by atoms with van der Waals surface area (Å²) in [4.78, 5) is 34.4. The Kier molecular flexibility index (Phi) is 8.56. The molecule has 0 bridgehead atoms. The molecule has 4 heterocycles. The van der Waals surface area contributed by atoms with Gasteiger partial charge in [-0.3, -0.25) is 9.13 Å². The van der Waals surface area contributed by atoms with Crippen LogP contribution in [-0.2, 0) is 30.3 Å². The topological polar surface area (TPSA) is 113 Å². The molecule has 262 valence electrons. The molecule has 2 fully saturated rings. The van der Waals surface area contributed by atoms with E-state index in [0.29, 0.717) is 21.2 Å². The van der Waals surface area contributed by atoms with Crippen molar-refractivity contribution in [2.24, 2.45) is 0 Å². The highest BCUT2D eigenvalue weighted by molar-refractivity contribution is 6.32. The van der Waals surface area contributed by atoms with Crippen LogP contribution in [0, 0.1) is 11.6 Å². The molecule has 0 amide bonds. The molecule has 52 heavy (non-hydrogen) atoms. The molecule has 2 aromatic heterocycles. The molecule has 8 rings (SSSR count). The Morgan fingerprint density at radius 1 is 0.615 bits per heavy atom. The zero-order valence-electron chi connectivity index (χ0n) is 26.1. The lowest BCUT2D eigenvalue weighted by molar-refractivity contribution is -0.157. The van der Waals surface area contributed by atoms with Gasteiger partial charge in [-0.1, -0.05) is 82.8 Å². The number of imidazole rings is 2. The minimum Gasteiger partial charge on any atom is -0.383 e. The van der Waals surface area contributed by atoms with Crippen LogP contribution in [-0.4, -0.2) is 31.0 Å². The predicted molar refractivity (Wildman–Crippen MR) is 183 cm³/mol.